The van der Waals surface area contributed by atoms with Gasteiger partial charge in [0.1, 0.15) is 22.9 Å². The molecule has 0 saturated carbocycles. The summed E-state index contributed by atoms with van der Waals surface area (Å²) in [5.41, 5.74) is 2.78. The molecule has 190 valence electrons. The minimum atomic E-state index is -5.01. The highest BCUT2D eigenvalue weighted by molar-refractivity contribution is 6.32. The first-order chi connectivity index (χ1) is 16.7. The van der Waals surface area contributed by atoms with Gasteiger partial charge in [0.25, 0.3) is 11.8 Å². The SMILES string of the molecule is Cc1c(C(F)(F)F)ccc(Oc2ccc(OC(F)(F)F)c(Cl)c2)c1C(=O)Nc1ccnc(C(N)=O)c1. The largest absolute Gasteiger partial charge is 0.573 e. The van der Waals surface area contributed by atoms with Crippen LogP contribution in [0.3, 0.4) is 0 Å². The van der Waals surface area contributed by atoms with Gasteiger partial charge in [-0.2, -0.15) is 13.2 Å². The van der Waals surface area contributed by atoms with Gasteiger partial charge in [-0.3, -0.25) is 14.6 Å². The van der Waals surface area contributed by atoms with Crippen LogP contribution in [-0.4, -0.2) is 23.2 Å². The molecule has 3 rings (SSSR count). The molecule has 0 bridgehead atoms. The molecular weight excluding hydrogens is 520 g/mol. The van der Waals surface area contributed by atoms with Crippen molar-refractivity contribution in [2.45, 2.75) is 19.5 Å². The van der Waals surface area contributed by atoms with Crippen molar-refractivity contribution in [3.05, 3.63) is 76.1 Å². The van der Waals surface area contributed by atoms with Crippen molar-refractivity contribution in [2.75, 3.05) is 5.32 Å². The number of carbonyl (C=O) groups is 2. The van der Waals surface area contributed by atoms with E-state index in [-0.39, 0.29) is 22.9 Å². The van der Waals surface area contributed by atoms with Crippen molar-refractivity contribution >= 4 is 29.1 Å². The first-order valence-corrected chi connectivity index (χ1v) is 10.0. The summed E-state index contributed by atoms with van der Waals surface area (Å²) < 4.78 is 87.1. The van der Waals surface area contributed by atoms with E-state index in [9.17, 15) is 35.9 Å². The second-order valence-corrected chi connectivity index (χ2v) is 7.51. The summed E-state index contributed by atoms with van der Waals surface area (Å²) in [4.78, 5) is 28.0. The minimum absolute atomic E-state index is 0.00302. The number of aromatic nitrogens is 1. The number of ether oxygens (including phenoxy) is 2. The van der Waals surface area contributed by atoms with Gasteiger partial charge in [-0.25, -0.2) is 0 Å². The van der Waals surface area contributed by atoms with Crippen molar-refractivity contribution in [3.8, 4) is 17.2 Å². The Morgan fingerprint density at radius 2 is 1.67 bits per heavy atom. The average molecular weight is 534 g/mol. The average Bonchev–Trinajstić information content (AvgIpc) is 2.74. The first-order valence-electron chi connectivity index (χ1n) is 9.67. The molecule has 0 atom stereocenters. The standard InChI is InChI=1S/C22H14ClF6N3O4/c1-10-13(21(24,25)26)3-5-17(35-12-2-4-16(14(23)9-12)36-22(27,28)29)18(10)20(34)32-11-6-7-31-15(8-11)19(30)33/h2-9H,1H3,(H2,30,33)(H,31,32,34). The van der Waals surface area contributed by atoms with Crippen LogP contribution in [0.5, 0.6) is 17.2 Å². The maximum absolute atomic E-state index is 13.5. The van der Waals surface area contributed by atoms with Crippen LogP contribution in [0.4, 0.5) is 32.0 Å². The van der Waals surface area contributed by atoms with E-state index in [4.69, 9.17) is 22.1 Å². The molecule has 0 radical (unpaired) electrons. The first kappa shape index (κ1) is 26.6. The number of hydrogen-bond donors (Lipinski definition) is 2. The number of nitrogens with one attached hydrogen (secondary N) is 1. The van der Waals surface area contributed by atoms with Crippen molar-refractivity contribution < 1.29 is 45.4 Å². The van der Waals surface area contributed by atoms with Crippen LogP contribution in [0.15, 0.2) is 48.7 Å². The molecule has 3 N–H and O–H groups in total. The number of halogens is 7. The highest BCUT2D eigenvalue weighted by Gasteiger charge is 2.35. The molecule has 7 nitrogen and oxygen atoms in total. The Morgan fingerprint density at radius 3 is 2.25 bits per heavy atom. The monoisotopic (exact) mass is 533 g/mol. The Hall–Kier alpha value is -4.00. The third-order valence-corrected chi connectivity index (χ3v) is 4.88. The van der Waals surface area contributed by atoms with Crippen molar-refractivity contribution in [1.29, 1.82) is 0 Å². The van der Waals surface area contributed by atoms with Gasteiger partial charge in [0.2, 0.25) is 0 Å². The number of rotatable bonds is 6. The normalized spacial score (nSPS) is 11.7. The van der Waals surface area contributed by atoms with Crippen LogP contribution in [0, 0.1) is 6.92 Å². The van der Waals surface area contributed by atoms with E-state index in [1.807, 2.05) is 0 Å². The molecule has 0 aliphatic heterocycles. The zero-order valence-electron chi connectivity index (χ0n) is 17.9. The van der Waals surface area contributed by atoms with Crippen LogP contribution < -0.4 is 20.5 Å². The predicted octanol–water partition coefficient (Wildman–Crippen LogP) is 6.10. The molecule has 0 saturated heterocycles. The fraction of sp³-hybridized carbons (Fsp3) is 0.136. The van der Waals surface area contributed by atoms with Gasteiger partial charge in [0.15, 0.2) is 0 Å². The number of hydrogen-bond acceptors (Lipinski definition) is 5. The summed E-state index contributed by atoms with van der Waals surface area (Å²) in [5, 5.41) is 1.84. The molecule has 3 aromatic rings. The Balaban J connectivity index is 2.01. The summed E-state index contributed by atoms with van der Waals surface area (Å²) in [6.07, 6.45) is -8.67. The van der Waals surface area contributed by atoms with Crippen molar-refractivity contribution in [2.24, 2.45) is 5.73 Å². The number of anilines is 1. The fourth-order valence-electron chi connectivity index (χ4n) is 3.08. The summed E-state index contributed by atoms with van der Waals surface area (Å²) >= 11 is 5.79. The quantitative estimate of drug-likeness (QED) is 0.372. The van der Waals surface area contributed by atoms with E-state index < -0.39 is 51.8 Å². The van der Waals surface area contributed by atoms with Gasteiger partial charge in [-0.05, 0) is 48.9 Å². The van der Waals surface area contributed by atoms with Gasteiger partial charge in [0.05, 0.1) is 16.1 Å². The van der Waals surface area contributed by atoms with Gasteiger partial charge >= 0.3 is 12.5 Å². The Bertz CT molecular complexity index is 1330. The fourth-order valence-corrected chi connectivity index (χ4v) is 3.29. The second kappa shape index (κ2) is 9.93. The molecular formula is C22H14ClF6N3O4. The predicted molar refractivity (Wildman–Crippen MR) is 115 cm³/mol. The molecule has 36 heavy (non-hydrogen) atoms. The van der Waals surface area contributed by atoms with E-state index in [2.05, 4.69) is 15.0 Å². The van der Waals surface area contributed by atoms with Crippen LogP contribution in [-0.2, 0) is 6.18 Å². The van der Waals surface area contributed by atoms with Crippen molar-refractivity contribution in [3.63, 3.8) is 0 Å². The van der Waals surface area contributed by atoms with E-state index in [0.717, 1.165) is 43.5 Å². The summed E-state index contributed by atoms with van der Waals surface area (Å²) in [6, 6.07) is 6.73. The number of benzene rings is 2. The van der Waals surface area contributed by atoms with Gasteiger partial charge < -0.3 is 20.5 Å². The molecule has 1 heterocycles. The number of primary amides is 1. The number of pyridine rings is 1. The minimum Gasteiger partial charge on any atom is -0.456 e. The Morgan fingerprint density at radius 1 is 1.00 bits per heavy atom. The maximum Gasteiger partial charge on any atom is 0.573 e. The lowest BCUT2D eigenvalue weighted by molar-refractivity contribution is -0.274. The number of alkyl halides is 6. The number of nitrogens with zero attached hydrogens (tertiary/aromatic N) is 1. The smallest absolute Gasteiger partial charge is 0.456 e. The van der Waals surface area contributed by atoms with Gasteiger partial charge in [-0.1, -0.05) is 11.6 Å². The lowest BCUT2D eigenvalue weighted by atomic mass is 10.00. The molecule has 14 heteroatoms. The molecule has 0 unspecified atom stereocenters. The Kier molecular flexibility index (Phi) is 7.34. The highest BCUT2D eigenvalue weighted by atomic mass is 35.5. The topological polar surface area (TPSA) is 104 Å². The number of nitrogens with two attached hydrogens (primary N) is 1. The van der Waals surface area contributed by atoms with E-state index in [1.165, 1.54) is 6.07 Å². The third kappa shape index (κ3) is 6.36. The van der Waals surface area contributed by atoms with Crippen LogP contribution in [0.2, 0.25) is 5.02 Å². The molecule has 1 aromatic heterocycles. The van der Waals surface area contributed by atoms with Crippen molar-refractivity contribution in [1.82, 2.24) is 4.98 Å². The highest BCUT2D eigenvalue weighted by Crippen LogP contribution is 2.39. The molecule has 0 aliphatic rings. The molecule has 2 aromatic carbocycles. The second-order valence-electron chi connectivity index (χ2n) is 7.10. The summed E-state index contributed by atoms with van der Waals surface area (Å²) in [7, 11) is 0. The van der Waals surface area contributed by atoms with E-state index in [0.29, 0.717) is 6.07 Å². The summed E-state index contributed by atoms with van der Waals surface area (Å²) in [6.45, 7) is 1.04. The molecule has 0 spiro atoms. The number of carbonyl (C=O) groups excluding carboxylic acids is 2. The van der Waals surface area contributed by atoms with Crippen LogP contribution >= 0.6 is 11.6 Å². The molecule has 0 aliphatic carbocycles. The zero-order valence-corrected chi connectivity index (χ0v) is 18.7. The van der Waals surface area contributed by atoms with Crippen LogP contribution in [0.25, 0.3) is 0 Å². The van der Waals surface area contributed by atoms with E-state index >= 15 is 0 Å². The van der Waals surface area contributed by atoms with Crippen LogP contribution in [0.1, 0.15) is 32.0 Å². The van der Waals surface area contributed by atoms with E-state index in [1.54, 1.807) is 0 Å². The van der Waals surface area contributed by atoms with Gasteiger partial charge in [0, 0.05) is 18.0 Å². The molecule has 2 amide bonds. The zero-order chi connectivity index (χ0) is 26.8. The maximum atomic E-state index is 13.5. The summed E-state index contributed by atoms with van der Waals surface area (Å²) in [5.74, 6) is -3.23. The number of amides is 2. The lowest BCUT2D eigenvalue weighted by Gasteiger charge is -2.18. The lowest BCUT2D eigenvalue weighted by Crippen LogP contribution is -2.19. The Labute approximate surface area is 203 Å². The third-order valence-electron chi connectivity index (χ3n) is 4.59. The molecule has 0 fully saturated rings. The van der Waals surface area contributed by atoms with Gasteiger partial charge in [-0.15, -0.1) is 13.2 Å².